The normalized spacial score (nSPS) is 11.0. The summed E-state index contributed by atoms with van der Waals surface area (Å²) in [6.45, 7) is 9.71. The van der Waals surface area contributed by atoms with E-state index in [2.05, 4.69) is 17.6 Å². The molecule has 20 heavy (non-hydrogen) atoms. The summed E-state index contributed by atoms with van der Waals surface area (Å²) >= 11 is 0. The second-order valence-electron chi connectivity index (χ2n) is 5.49. The number of hydrogen-bond donors (Lipinski definition) is 2. The van der Waals surface area contributed by atoms with E-state index in [4.69, 9.17) is 9.47 Å². The molecule has 0 aliphatic heterocycles. The molecule has 0 saturated carbocycles. The SMILES string of the molecule is CCCOCCCNC(=O)CCNC(=O)OC(C)(C)C. The quantitative estimate of drug-likeness (QED) is 0.635. The second-order valence-corrected chi connectivity index (χ2v) is 5.49. The fraction of sp³-hybridized carbons (Fsp3) is 0.857. The summed E-state index contributed by atoms with van der Waals surface area (Å²) in [7, 11) is 0. The Labute approximate surface area is 121 Å². The van der Waals surface area contributed by atoms with Crippen molar-refractivity contribution in [1.82, 2.24) is 10.6 Å². The van der Waals surface area contributed by atoms with Gasteiger partial charge in [-0.05, 0) is 33.6 Å². The van der Waals surface area contributed by atoms with E-state index in [9.17, 15) is 9.59 Å². The number of carbonyl (C=O) groups excluding carboxylic acids is 2. The summed E-state index contributed by atoms with van der Waals surface area (Å²) in [5.74, 6) is -0.0865. The van der Waals surface area contributed by atoms with Crippen LogP contribution in [0.15, 0.2) is 0 Å². The molecule has 0 aliphatic carbocycles. The van der Waals surface area contributed by atoms with Crippen molar-refractivity contribution in [1.29, 1.82) is 0 Å². The minimum absolute atomic E-state index is 0.0865. The van der Waals surface area contributed by atoms with Gasteiger partial charge in [-0.2, -0.15) is 0 Å². The van der Waals surface area contributed by atoms with Crippen LogP contribution >= 0.6 is 0 Å². The Morgan fingerprint density at radius 1 is 1.05 bits per heavy atom. The first-order valence-electron chi connectivity index (χ1n) is 7.16. The molecule has 0 fully saturated rings. The number of alkyl carbamates (subject to hydrolysis) is 1. The molecule has 0 unspecified atom stereocenters. The number of carbonyl (C=O) groups is 2. The monoisotopic (exact) mass is 288 g/mol. The third-order valence-corrected chi connectivity index (χ3v) is 2.16. The maximum absolute atomic E-state index is 11.5. The van der Waals surface area contributed by atoms with E-state index in [-0.39, 0.29) is 18.9 Å². The van der Waals surface area contributed by atoms with Crippen molar-refractivity contribution in [3.8, 4) is 0 Å². The molecule has 0 rings (SSSR count). The predicted octanol–water partition coefficient (Wildman–Crippen LogP) is 1.83. The van der Waals surface area contributed by atoms with Gasteiger partial charge < -0.3 is 20.1 Å². The van der Waals surface area contributed by atoms with Gasteiger partial charge in [0, 0.05) is 32.7 Å². The second kappa shape index (κ2) is 10.5. The highest BCUT2D eigenvalue weighted by atomic mass is 16.6. The van der Waals surface area contributed by atoms with Gasteiger partial charge >= 0.3 is 6.09 Å². The third kappa shape index (κ3) is 13.1. The summed E-state index contributed by atoms with van der Waals surface area (Å²) in [5, 5.41) is 5.31. The summed E-state index contributed by atoms with van der Waals surface area (Å²) in [5.41, 5.74) is -0.523. The van der Waals surface area contributed by atoms with E-state index in [1.54, 1.807) is 20.8 Å². The van der Waals surface area contributed by atoms with Crippen LogP contribution in [0.2, 0.25) is 0 Å². The van der Waals surface area contributed by atoms with E-state index >= 15 is 0 Å². The zero-order valence-corrected chi connectivity index (χ0v) is 13.1. The lowest BCUT2D eigenvalue weighted by atomic mass is 10.2. The average molecular weight is 288 g/mol. The predicted molar refractivity (Wildman–Crippen MR) is 77.6 cm³/mol. The van der Waals surface area contributed by atoms with Crippen LogP contribution in [-0.2, 0) is 14.3 Å². The first kappa shape index (κ1) is 18.7. The Morgan fingerprint density at radius 3 is 2.35 bits per heavy atom. The number of amides is 2. The van der Waals surface area contributed by atoms with Gasteiger partial charge in [0.05, 0.1) is 0 Å². The van der Waals surface area contributed by atoms with Gasteiger partial charge in [-0.15, -0.1) is 0 Å². The fourth-order valence-corrected chi connectivity index (χ4v) is 1.33. The molecule has 2 amide bonds. The van der Waals surface area contributed by atoms with Gasteiger partial charge in [0.2, 0.25) is 5.91 Å². The van der Waals surface area contributed by atoms with Crippen LogP contribution in [-0.4, -0.2) is 43.9 Å². The zero-order valence-electron chi connectivity index (χ0n) is 13.1. The van der Waals surface area contributed by atoms with Crippen molar-refractivity contribution in [2.24, 2.45) is 0 Å². The first-order chi connectivity index (χ1) is 9.35. The van der Waals surface area contributed by atoms with Gasteiger partial charge in [-0.1, -0.05) is 6.92 Å². The molecule has 0 spiro atoms. The van der Waals surface area contributed by atoms with Crippen LogP contribution in [0.4, 0.5) is 4.79 Å². The van der Waals surface area contributed by atoms with Crippen LogP contribution in [0.5, 0.6) is 0 Å². The molecule has 0 heterocycles. The average Bonchev–Trinajstić information content (AvgIpc) is 2.31. The van der Waals surface area contributed by atoms with Crippen molar-refractivity contribution in [3.05, 3.63) is 0 Å². The molecule has 2 N–H and O–H groups in total. The van der Waals surface area contributed by atoms with Crippen LogP contribution in [0, 0.1) is 0 Å². The Hall–Kier alpha value is -1.30. The van der Waals surface area contributed by atoms with Crippen LogP contribution < -0.4 is 10.6 Å². The lowest BCUT2D eigenvalue weighted by molar-refractivity contribution is -0.121. The maximum atomic E-state index is 11.5. The largest absolute Gasteiger partial charge is 0.444 e. The maximum Gasteiger partial charge on any atom is 0.407 e. The molecule has 0 aromatic carbocycles. The van der Waals surface area contributed by atoms with E-state index in [0.29, 0.717) is 13.2 Å². The molecule has 0 radical (unpaired) electrons. The van der Waals surface area contributed by atoms with Crippen molar-refractivity contribution in [2.75, 3.05) is 26.3 Å². The van der Waals surface area contributed by atoms with Gasteiger partial charge in [-0.3, -0.25) is 4.79 Å². The van der Waals surface area contributed by atoms with Crippen molar-refractivity contribution >= 4 is 12.0 Å². The number of ether oxygens (including phenoxy) is 2. The molecule has 0 aromatic rings. The molecule has 0 bridgehead atoms. The molecule has 0 aliphatic rings. The summed E-state index contributed by atoms with van der Waals surface area (Å²) in [6.07, 6.45) is 1.54. The van der Waals surface area contributed by atoms with E-state index in [0.717, 1.165) is 19.4 Å². The van der Waals surface area contributed by atoms with E-state index in [1.165, 1.54) is 0 Å². The van der Waals surface area contributed by atoms with Gasteiger partial charge in [-0.25, -0.2) is 4.79 Å². The molecule has 0 saturated heterocycles. The third-order valence-electron chi connectivity index (χ3n) is 2.16. The highest BCUT2D eigenvalue weighted by Crippen LogP contribution is 2.06. The van der Waals surface area contributed by atoms with E-state index < -0.39 is 11.7 Å². The van der Waals surface area contributed by atoms with Gasteiger partial charge in [0.15, 0.2) is 0 Å². The van der Waals surface area contributed by atoms with Crippen LogP contribution in [0.3, 0.4) is 0 Å². The zero-order chi connectivity index (χ0) is 15.4. The van der Waals surface area contributed by atoms with Crippen molar-refractivity contribution < 1.29 is 19.1 Å². The Bertz CT molecular complexity index is 287. The highest BCUT2D eigenvalue weighted by Gasteiger charge is 2.15. The lowest BCUT2D eigenvalue weighted by Gasteiger charge is -2.19. The molecule has 0 aromatic heterocycles. The van der Waals surface area contributed by atoms with Crippen molar-refractivity contribution in [3.63, 3.8) is 0 Å². The summed E-state index contributed by atoms with van der Waals surface area (Å²) < 4.78 is 10.4. The summed E-state index contributed by atoms with van der Waals surface area (Å²) in [6, 6.07) is 0. The Morgan fingerprint density at radius 2 is 1.75 bits per heavy atom. The molecular weight excluding hydrogens is 260 g/mol. The molecule has 0 atom stereocenters. The van der Waals surface area contributed by atoms with E-state index in [1.807, 2.05) is 0 Å². The van der Waals surface area contributed by atoms with Crippen LogP contribution in [0.1, 0.15) is 47.0 Å². The molecular formula is C14H28N2O4. The minimum Gasteiger partial charge on any atom is -0.444 e. The van der Waals surface area contributed by atoms with Crippen LogP contribution in [0.25, 0.3) is 0 Å². The topological polar surface area (TPSA) is 76.7 Å². The number of rotatable bonds is 9. The number of hydrogen-bond acceptors (Lipinski definition) is 4. The first-order valence-corrected chi connectivity index (χ1v) is 7.16. The Kier molecular flexibility index (Phi) is 9.80. The standard InChI is InChI=1S/C14H28N2O4/c1-5-10-19-11-6-8-15-12(17)7-9-16-13(18)20-14(2,3)4/h5-11H2,1-4H3,(H,15,17)(H,16,18). The van der Waals surface area contributed by atoms with Gasteiger partial charge in [0.1, 0.15) is 5.60 Å². The Balaban J connectivity index is 3.47. The molecule has 6 heteroatoms. The fourth-order valence-electron chi connectivity index (χ4n) is 1.33. The summed E-state index contributed by atoms with van der Waals surface area (Å²) in [4.78, 5) is 22.8. The molecule has 118 valence electrons. The smallest absolute Gasteiger partial charge is 0.407 e. The number of nitrogens with one attached hydrogen (secondary N) is 2. The van der Waals surface area contributed by atoms with Gasteiger partial charge in [0.25, 0.3) is 0 Å². The lowest BCUT2D eigenvalue weighted by Crippen LogP contribution is -2.35. The van der Waals surface area contributed by atoms with Crippen molar-refractivity contribution in [2.45, 2.75) is 52.6 Å². The minimum atomic E-state index is -0.523. The molecule has 6 nitrogen and oxygen atoms in total. The highest BCUT2D eigenvalue weighted by molar-refractivity contribution is 5.76.